The molecule has 2 atom stereocenters. The van der Waals surface area contributed by atoms with Gasteiger partial charge in [-0.15, -0.1) is 11.3 Å². The van der Waals surface area contributed by atoms with Gasteiger partial charge in [0.2, 0.25) is 0 Å². The lowest BCUT2D eigenvalue weighted by atomic mass is 9.74. The van der Waals surface area contributed by atoms with Crippen molar-refractivity contribution in [1.82, 2.24) is 9.88 Å². The molecule has 2 bridgehead atoms. The molecule has 1 N–H and O–H groups in total. The van der Waals surface area contributed by atoms with Gasteiger partial charge in [0.15, 0.2) is 0 Å². The summed E-state index contributed by atoms with van der Waals surface area (Å²) in [6.07, 6.45) is 4.49. The number of hydrogen-bond donors (Lipinski definition) is 1. The Morgan fingerprint density at radius 2 is 1.90 bits per heavy atom. The van der Waals surface area contributed by atoms with Crippen LogP contribution in [0.25, 0.3) is 0 Å². The van der Waals surface area contributed by atoms with Crippen LogP contribution in [0.3, 0.4) is 0 Å². The van der Waals surface area contributed by atoms with E-state index in [-0.39, 0.29) is 5.41 Å². The summed E-state index contributed by atoms with van der Waals surface area (Å²) in [4.78, 5) is 7.71. The van der Waals surface area contributed by atoms with E-state index in [1.807, 2.05) is 17.8 Å². The first-order valence-electron chi connectivity index (χ1n) is 10.3. The van der Waals surface area contributed by atoms with Gasteiger partial charge in [-0.05, 0) is 53.6 Å². The Labute approximate surface area is 180 Å². The van der Waals surface area contributed by atoms with E-state index < -0.39 is 5.60 Å². The van der Waals surface area contributed by atoms with Gasteiger partial charge in [0.1, 0.15) is 5.60 Å². The van der Waals surface area contributed by atoms with E-state index in [9.17, 15) is 5.11 Å². The van der Waals surface area contributed by atoms with Crippen LogP contribution in [0.5, 0.6) is 0 Å². The number of thiazole rings is 1. The van der Waals surface area contributed by atoms with E-state index in [4.69, 9.17) is 11.6 Å². The zero-order chi connectivity index (χ0) is 19.6. The first-order chi connectivity index (χ1) is 14.1. The molecule has 0 saturated carbocycles. The van der Waals surface area contributed by atoms with Crippen molar-refractivity contribution in [2.45, 2.75) is 36.2 Å². The lowest BCUT2D eigenvalue weighted by molar-refractivity contribution is -0.0262. The summed E-state index contributed by atoms with van der Waals surface area (Å²) < 4.78 is 0. The number of nitrogens with zero attached hydrogens (tertiary/aromatic N) is 2. The summed E-state index contributed by atoms with van der Waals surface area (Å²) in [5.41, 5.74) is 6.93. The van der Waals surface area contributed by atoms with E-state index in [1.165, 1.54) is 22.3 Å². The van der Waals surface area contributed by atoms with Crippen molar-refractivity contribution in [3.8, 4) is 0 Å². The molecule has 2 unspecified atom stereocenters. The molecule has 6 rings (SSSR count). The molecule has 1 fully saturated rings. The Balaban J connectivity index is 1.33. The Morgan fingerprint density at radius 3 is 2.69 bits per heavy atom. The van der Waals surface area contributed by atoms with Gasteiger partial charge in [-0.1, -0.05) is 41.9 Å². The average Bonchev–Trinajstić information content (AvgIpc) is 3.45. The van der Waals surface area contributed by atoms with Crippen LogP contribution in [-0.2, 0) is 11.0 Å². The van der Waals surface area contributed by atoms with Gasteiger partial charge in [0, 0.05) is 42.2 Å². The third-order valence-corrected chi connectivity index (χ3v) is 8.58. The molecule has 1 aromatic heterocycles. The van der Waals surface area contributed by atoms with Gasteiger partial charge in [-0.3, -0.25) is 4.98 Å². The molecule has 3 aromatic rings. The maximum absolute atomic E-state index is 11.1. The highest BCUT2D eigenvalue weighted by Gasteiger charge is 2.53. The molecule has 0 radical (unpaired) electrons. The minimum atomic E-state index is -0.720. The molecule has 2 heterocycles. The Kier molecular flexibility index (Phi) is 3.98. The van der Waals surface area contributed by atoms with Gasteiger partial charge in [-0.25, -0.2) is 0 Å². The number of hydrogen-bond acceptors (Lipinski definition) is 4. The predicted molar refractivity (Wildman–Crippen MR) is 117 cm³/mol. The molecule has 3 aliphatic rings. The van der Waals surface area contributed by atoms with Gasteiger partial charge >= 0.3 is 0 Å². The van der Waals surface area contributed by atoms with Crippen LogP contribution in [0, 0.1) is 0 Å². The maximum Gasteiger partial charge on any atom is 0.103 e. The first-order valence-corrected chi connectivity index (χ1v) is 11.6. The van der Waals surface area contributed by atoms with Crippen molar-refractivity contribution in [1.29, 1.82) is 0 Å². The fourth-order valence-electron chi connectivity index (χ4n) is 5.97. The van der Waals surface area contributed by atoms with Crippen LogP contribution in [0.15, 0.2) is 54.2 Å². The molecule has 1 aliphatic heterocycles. The van der Waals surface area contributed by atoms with E-state index in [1.54, 1.807) is 11.3 Å². The molecule has 5 heteroatoms. The lowest BCUT2D eigenvalue weighted by Crippen LogP contribution is -2.47. The highest BCUT2D eigenvalue weighted by molar-refractivity contribution is 7.09. The summed E-state index contributed by atoms with van der Waals surface area (Å²) >= 11 is 8.00. The summed E-state index contributed by atoms with van der Waals surface area (Å²) in [7, 11) is 0. The standard InChI is InChI=1S/C24H23ClN2OS/c25-16-5-6-18-19-12-23(21(18)11-16,20-4-2-1-3-17(19)20)14-27-9-7-24(28,8-10-27)22-13-26-15-29-22/h1-6,11,13,15,19,28H,7-10,12,14H2. The van der Waals surface area contributed by atoms with Gasteiger partial charge in [0.25, 0.3) is 0 Å². The number of aliphatic hydroxyl groups is 1. The molecule has 0 spiro atoms. The monoisotopic (exact) mass is 422 g/mol. The number of aromatic nitrogens is 1. The third-order valence-electron chi connectivity index (χ3n) is 7.38. The highest BCUT2D eigenvalue weighted by atomic mass is 35.5. The van der Waals surface area contributed by atoms with Crippen LogP contribution < -0.4 is 0 Å². The van der Waals surface area contributed by atoms with Crippen LogP contribution in [0.1, 0.15) is 52.3 Å². The summed E-state index contributed by atoms with van der Waals surface area (Å²) in [5.74, 6) is 0.484. The van der Waals surface area contributed by atoms with Crippen molar-refractivity contribution in [3.63, 3.8) is 0 Å². The minimum Gasteiger partial charge on any atom is -0.384 e. The zero-order valence-electron chi connectivity index (χ0n) is 16.1. The average molecular weight is 423 g/mol. The first kappa shape index (κ1) is 18.1. The molecule has 3 nitrogen and oxygen atoms in total. The number of likely N-dealkylation sites (tertiary alicyclic amines) is 1. The van der Waals surface area contributed by atoms with Gasteiger partial charge < -0.3 is 10.0 Å². The number of piperidine rings is 1. The van der Waals surface area contributed by atoms with E-state index in [0.29, 0.717) is 5.92 Å². The minimum absolute atomic E-state index is 0.0153. The molecular weight excluding hydrogens is 400 g/mol. The van der Waals surface area contributed by atoms with Crippen LogP contribution >= 0.6 is 22.9 Å². The largest absolute Gasteiger partial charge is 0.384 e. The number of rotatable bonds is 3. The molecule has 29 heavy (non-hydrogen) atoms. The quantitative estimate of drug-likeness (QED) is 0.651. The number of halogens is 1. The smallest absolute Gasteiger partial charge is 0.103 e. The summed E-state index contributed by atoms with van der Waals surface area (Å²) in [6.45, 7) is 2.80. The fourth-order valence-corrected chi connectivity index (χ4v) is 6.93. The van der Waals surface area contributed by atoms with Gasteiger partial charge in [0.05, 0.1) is 10.4 Å². The number of fused-ring (bicyclic) bond motifs is 8. The van der Waals surface area contributed by atoms with Crippen LogP contribution in [0.4, 0.5) is 0 Å². The Morgan fingerprint density at radius 1 is 1.10 bits per heavy atom. The molecule has 0 amide bonds. The normalized spacial score (nSPS) is 27.0. The molecule has 2 aromatic carbocycles. The van der Waals surface area contributed by atoms with Crippen LogP contribution in [0.2, 0.25) is 5.02 Å². The Bertz CT molecular complexity index is 1070. The lowest BCUT2D eigenvalue weighted by Gasteiger charge is -2.42. The molecular formula is C24H23ClN2OS. The molecule has 148 valence electrons. The second kappa shape index (κ2) is 6.39. The SMILES string of the molecule is OC1(c2cncs2)CCN(CC23CC(c4ccccc42)c2ccc(Cl)cc23)CC1. The van der Waals surface area contributed by atoms with Crippen LogP contribution in [-0.4, -0.2) is 34.6 Å². The third kappa shape index (κ3) is 2.59. The second-order valence-corrected chi connectivity index (χ2v) is 10.2. The fraction of sp³-hybridized carbons (Fsp3) is 0.375. The van der Waals surface area contributed by atoms with Crippen molar-refractivity contribution in [3.05, 3.63) is 86.3 Å². The summed E-state index contributed by atoms with van der Waals surface area (Å²) in [6, 6.07) is 15.4. The maximum atomic E-state index is 11.1. The van der Waals surface area contributed by atoms with Crippen molar-refractivity contribution >= 4 is 22.9 Å². The Hall–Kier alpha value is -1.72. The van der Waals surface area contributed by atoms with E-state index in [2.05, 4.69) is 46.3 Å². The molecule has 2 aliphatic carbocycles. The van der Waals surface area contributed by atoms with Crippen molar-refractivity contribution in [2.75, 3.05) is 19.6 Å². The zero-order valence-corrected chi connectivity index (χ0v) is 17.7. The van der Waals surface area contributed by atoms with Crippen molar-refractivity contribution in [2.24, 2.45) is 0 Å². The summed E-state index contributed by atoms with van der Waals surface area (Å²) in [5, 5.41) is 11.9. The molecule has 1 saturated heterocycles. The number of benzene rings is 2. The highest BCUT2D eigenvalue weighted by Crippen LogP contribution is 2.60. The van der Waals surface area contributed by atoms with Crippen molar-refractivity contribution < 1.29 is 5.11 Å². The van der Waals surface area contributed by atoms with Gasteiger partial charge in [-0.2, -0.15) is 0 Å². The topological polar surface area (TPSA) is 36.4 Å². The predicted octanol–water partition coefficient (Wildman–Crippen LogP) is 4.92. The second-order valence-electron chi connectivity index (χ2n) is 8.83. The van der Waals surface area contributed by atoms with E-state index >= 15 is 0 Å². The van der Waals surface area contributed by atoms with E-state index in [0.717, 1.165) is 48.8 Å².